The van der Waals surface area contributed by atoms with Crippen molar-refractivity contribution in [2.75, 3.05) is 11.9 Å². The number of rotatable bonds is 5. The fourth-order valence-corrected chi connectivity index (χ4v) is 5.94. The molecule has 1 aliphatic rings. The summed E-state index contributed by atoms with van der Waals surface area (Å²) >= 11 is 6.59. The highest BCUT2D eigenvalue weighted by Gasteiger charge is 2.44. The van der Waals surface area contributed by atoms with Crippen LogP contribution >= 0.6 is 67.8 Å². The Hall–Kier alpha value is 0.310. The van der Waals surface area contributed by atoms with Crippen LogP contribution in [0.1, 0.15) is 19.3 Å². The van der Waals surface area contributed by atoms with E-state index in [2.05, 4.69) is 78.4 Å². The lowest BCUT2D eigenvalue weighted by Gasteiger charge is -2.38. The standard InChI is InChI=1S/C13H13I3N2O3/c14-7-4-8(15)11(9(16)5-7)18-10(19)6-17-13(12(20)21)2-1-3-13/h4-5,17H,1-3,6H2,(H,18,19)(H,20,21). The molecule has 114 valence electrons. The Morgan fingerprint density at radius 1 is 1.19 bits per heavy atom. The topological polar surface area (TPSA) is 78.4 Å². The Balaban J connectivity index is 1.98. The molecule has 0 unspecified atom stereocenters. The number of hydrogen-bond donors (Lipinski definition) is 3. The van der Waals surface area contributed by atoms with Gasteiger partial charge in [0.2, 0.25) is 5.91 Å². The number of carbonyl (C=O) groups excluding carboxylic acids is 1. The molecule has 1 aromatic carbocycles. The lowest BCUT2D eigenvalue weighted by Crippen LogP contribution is -2.58. The van der Waals surface area contributed by atoms with Crippen LogP contribution in [-0.2, 0) is 9.59 Å². The van der Waals surface area contributed by atoms with E-state index in [9.17, 15) is 14.7 Å². The van der Waals surface area contributed by atoms with Crippen LogP contribution in [0.25, 0.3) is 0 Å². The monoisotopic (exact) mass is 626 g/mol. The second-order valence-corrected chi connectivity index (χ2v) is 8.46. The van der Waals surface area contributed by atoms with Gasteiger partial charge in [-0.05, 0) is 99.2 Å². The highest BCUT2D eigenvalue weighted by molar-refractivity contribution is 14.1. The summed E-state index contributed by atoms with van der Waals surface area (Å²) in [6.45, 7) is 0.00441. The summed E-state index contributed by atoms with van der Waals surface area (Å²) in [5.41, 5.74) is -0.134. The van der Waals surface area contributed by atoms with Crippen molar-refractivity contribution < 1.29 is 14.7 Å². The predicted octanol–water partition coefficient (Wildman–Crippen LogP) is 3.04. The summed E-state index contributed by atoms with van der Waals surface area (Å²) in [5, 5.41) is 14.9. The van der Waals surface area contributed by atoms with Crippen molar-refractivity contribution in [3.63, 3.8) is 0 Å². The number of carboxylic acid groups (broad SMARTS) is 1. The SMILES string of the molecule is O=C(CNC1(C(=O)O)CCC1)Nc1c(I)cc(I)cc1I. The van der Waals surface area contributed by atoms with Crippen LogP contribution in [0.5, 0.6) is 0 Å². The Morgan fingerprint density at radius 2 is 1.76 bits per heavy atom. The molecule has 0 heterocycles. The summed E-state index contributed by atoms with van der Waals surface area (Å²) in [5.74, 6) is -1.10. The third-order valence-corrected chi connectivity index (χ3v) is 5.80. The first-order valence-electron chi connectivity index (χ1n) is 6.27. The van der Waals surface area contributed by atoms with Gasteiger partial charge in [-0.2, -0.15) is 0 Å². The number of carboxylic acids is 1. The van der Waals surface area contributed by atoms with Gasteiger partial charge in [0, 0.05) is 10.7 Å². The Kier molecular flexibility index (Phi) is 6.10. The van der Waals surface area contributed by atoms with Crippen molar-refractivity contribution in [1.29, 1.82) is 0 Å². The molecule has 1 aliphatic carbocycles. The summed E-state index contributed by atoms with van der Waals surface area (Å²) in [4.78, 5) is 23.3. The highest BCUT2D eigenvalue weighted by Crippen LogP contribution is 2.32. The zero-order valence-corrected chi connectivity index (χ0v) is 17.4. The zero-order valence-electron chi connectivity index (χ0n) is 10.9. The van der Waals surface area contributed by atoms with Gasteiger partial charge in [0.1, 0.15) is 5.54 Å². The van der Waals surface area contributed by atoms with Crippen LogP contribution in [0.2, 0.25) is 0 Å². The molecule has 1 aromatic rings. The number of carbonyl (C=O) groups is 2. The van der Waals surface area contributed by atoms with E-state index in [0.29, 0.717) is 12.8 Å². The van der Waals surface area contributed by atoms with E-state index in [1.165, 1.54) is 0 Å². The van der Waals surface area contributed by atoms with E-state index in [-0.39, 0.29) is 12.5 Å². The fraction of sp³-hybridized carbons (Fsp3) is 0.385. The molecule has 5 nitrogen and oxygen atoms in total. The van der Waals surface area contributed by atoms with Crippen LogP contribution in [0.15, 0.2) is 12.1 Å². The second-order valence-electron chi connectivity index (χ2n) is 4.89. The van der Waals surface area contributed by atoms with Crippen molar-refractivity contribution in [3.8, 4) is 0 Å². The number of benzene rings is 1. The first kappa shape index (κ1) is 17.7. The molecular weight excluding hydrogens is 613 g/mol. The molecule has 21 heavy (non-hydrogen) atoms. The zero-order chi connectivity index (χ0) is 15.6. The molecule has 1 fully saturated rings. The molecule has 8 heteroatoms. The van der Waals surface area contributed by atoms with Crippen molar-refractivity contribution in [3.05, 3.63) is 22.8 Å². The number of hydrogen-bond acceptors (Lipinski definition) is 3. The molecule has 0 spiro atoms. The predicted molar refractivity (Wildman–Crippen MR) is 105 cm³/mol. The first-order chi connectivity index (χ1) is 9.84. The van der Waals surface area contributed by atoms with Crippen LogP contribution in [0.3, 0.4) is 0 Å². The average Bonchev–Trinajstić information content (AvgIpc) is 2.31. The van der Waals surface area contributed by atoms with E-state index in [4.69, 9.17) is 0 Å². The number of amides is 1. The number of aliphatic carboxylic acids is 1. The molecule has 0 aliphatic heterocycles. The maximum absolute atomic E-state index is 12.0. The van der Waals surface area contributed by atoms with Gasteiger partial charge in [-0.3, -0.25) is 14.9 Å². The minimum absolute atomic E-state index is 0.00441. The van der Waals surface area contributed by atoms with Crippen LogP contribution in [0.4, 0.5) is 5.69 Å². The number of nitrogens with one attached hydrogen (secondary N) is 2. The maximum Gasteiger partial charge on any atom is 0.323 e. The Bertz CT molecular complexity index is 565. The molecule has 0 aromatic heterocycles. The van der Waals surface area contributed by atoms with Crippen LogP contribution < -0.4 is 10.6 Å². The lowest BCUT2D eigenvalue weighted by molar-refractivity contribution is -0.148. The highest BCUT2D eigenvalue weighted by atomic mass is 127. The van der Waals surface area contributed by atoms with Crippen molar-refractivity contribution >= 4 is 85.3 Å². The summed E-state index contributed by atoms with van der Waals surface area (Å²) in [7, 11) is 0. The number of halogens is 3. The molecule has 0 bridgehead atoms. The lowest BCUT2D eigenvalue weighted by atomic mass is 9.77. The molecular formula is C13H13I3N2O3. The van der Waals surface area contributed by atoms with Crippen molar-refractivity contribution in [2.45, 2.75) is 24.8 Å². The van der Waals surface area contributed by atoms with Gasteiger partial charge in [-0.25, -0.2) is 0 Å². The van der Waals surface area contributed by atoms with Gasteiger partial charge < -0.3 is 10.4 Å². The second kappa shape index (κ2) is 7.25. The van der Waals surface area contributed by atoms with Gasteiger partial charge >= 0.3 is 5.97 Å². The van der Waals surface area contributed by atoms with Gasteiger partial charge in [0.05, 0.1) is 12.2 Å². The molecule has 1 amide bonds. The van der Waals surface area contributed by atoms with E-state index < -0.39 is 11.5 Å². The minimum Gasteiger partial charge on any atom is -0.480 e. The van der Waals surface area contributed by atoms with Gasteiger partial charge in [0.15, 0.2) is 0 Å². The quantitative estimate of drug-likeness (QED) is 0.440. The molecule has 0 atom stereocenters. The van der Waals surface area contributed by atoms with E-state index in [1.54, 1.807) is 0 Å². The summed E-state index contributed by atoms with van der Waals surface area (Å²) in [6.07, 6.45) is 2.04. The maximum atomic E-state index is 12.0. The van der Waals surface area contributed by atoms with E-state index in [0.717, 1.165) is 22.8 Å². The molecule has 0 saturated heterocycles. The Morgan fingerprint density at radius 3 is 2.19 bits per heavy atom. The molecule has 2 rings (SSSR count). The van der Waals surface area contributed by atoms with E-state index >= 15 is 0 Å². The number of anilines is 1. The van der Waals surface area contributed by atoms with Crippen molar-refractivity contribution in [1.82, 2.24) is 5.32 Å². The van der Waals surface area contributed by atoms with Crippen molar-refractivity contribution in [2.24, 2.45) is 0 Å². The van der Waals surface area contributed by atoms with Gasteiger partial charge in [0.25, 0.3) is 0 Å². The average molecular weight is 626 g/mol. The normalized spacial score (nSPS) is 16.1. The van der Waals surface area contributed by atoms with Crippen LogP contribution in [-0.4, -0.2) is 29.1 Å². The molecule has 0 radical (unpaired) electrons. The van der Waals surface area contributed by atoms with Crippen LogP contribution in [0, 0.1) is 10.7 Å². The van der Waals surface area contributed by atoms with Gasteiger partial charge in [-0.15, -0.1) is 0 Å². The van der Waals surface area contributed by atoms with E-state index in [1.807, 2.05) is 12.1 Å². The summed E-state index contributed by atoms with van der Waals surface area (Å²) in [6, 6.07) is 3.97. The Labute approximate surface area is 163 Å². The molecule has 3 N–H and O–H groups in total. The van der Waals surface area contributed by atoms with Gasteiger partial charge in [-0.1, -0.05) is 0 Å². The minimum atomic E-state index is -0.913. The first-order valence-corrected chi connectivity index (χ1v) is 9.50. The largest absolute Gasteiger partial charge is 0.480 e. The summed E-state index contributed by atoms with van der Waals surface area (Å²) < 4.78 is 3.04. The third-order valence-electron chi connectivity index (χ3n) is 3.48. The smallest absolute Gasteiger partial charge is 0.323 e. The third kappa shape index (κ3) is 4.19. The fourth-order valence-electron chi connectivity index (χ4n) is 2.09. The molecule has 1 saturated carbocycles.